The van der Waals surface area contributed by atoms with Crippen LogP contribution in [-0.4, -0.2) is 95.4 Å². The highest BCUT2D eigenvalue weighted by atomic mass is 32.2. The number of carboxylic acids is 1. The van der Waals surface area contributed by atoms with Gasteiger partial charge in [0, 0.05) is 17.7 Å². The molecule has 50 heavy (non-hydrogen) atoms. The van der Waals surface area contributed by atoms with Crippen molar-refractivity contribution in [3.8, 4) is 11.4 Å². The number of benzene rings is 1. The molecule has 0 amide bonds. The number of hydrogen-bond acceptors (Lipinski definition) is 6. The van der Waals surface area contributed by atoms with Gasteiger partial charge in [-0.3, -0.25) is 4.79 Å². The molecule has 2 aromatic rings. The predicted molar refractivity (Wildman–Crippen MR) is 137 cm³/mol. The van der Waals surface area contributed by atoms with E-state index in [2.05, 4.69) is 20.6 Å². The van der Waals surface area contributed by atoms with Crippen molar-refractivity contribution in [2.24, 2.45) is 0 Å². The van der Waals surface area contributed by atoms with Crippen molar-refractivity contribution in [1.29, 1.82) is 0 Å². The number of aromatic nitrogens is 4. The van der Waals surface area contributed by atoms with Gasteiger partial charge in [0.2, 0.25) is 5.82 Å². The molecular formula is C25H19F17N4O3S. The Kier molecular flexibility index (Phi) is 12.4. The molecule has 0 aliphatic heterocycles. The van der Waals surface area contributed by atoms with Crippen molar-refractivity contribution in [2.75, 3.05) is 5.75 Å². The van der Waals surface area contributed by atoms with Crippen LogP contribution in [0.4, 0.5) is 74.6 Å². The molecule has 7 nitrogen and oxygen atoms in total. The number of H-pyrrole nitrogens is 1. The quantitative estimate of drug-likeness (QED) is 0.110. The predicted octanol–water partition coefficient (Wildman–Crippen LogP) is 7.99. The lowest BCUT2D eigenvalue weighted by atomic mass is 9.88. The molecule has 0 fully saturated rings. The molecule has 282 valence electrons. The van der Waals surface area contributed by atoms with E-state index in [-0.39, 0.29) is 23.2 Å². The van der Waals surface area contributed by atoms with Gasteiger partial charge in [-0.25, -0.2) is 0 Å². The number of alkyl halides is 17. The fraction of sp³-hybridized carbons (Fsp3) is 0.520. The van der Waals surface area contributed by atoms with Gasteiger partial charge in [-0.2, -0.15) is 91.6 Å². The summed E-state index contributed by atoms with van der Waals surface area (Å²) < 4.78 is 228. The van der Waals surface area contributed by atoms with E-state index in [0.29, 0.717) is 17.7 Å². The minimum absolute atomic E-state index is 0.0605. The van der Waals surface area contributed by atoms with Crippen LogP contribution in [-0.2, 0) is 4.79 Å². The van der Waals surface area contributed by atoms with Crippen LogP contribution in [0.15, 0.2) is 48.6 Å². The maximum atomic E-state index is 14.2. The van der Waals surface area contributed by atoms with E-state index in [0.717, 1.165) is 17.8 Å². The fourth-order valence-electron chi connectivity index (χ4n) is 3.66. The molecule has 0 saturated heterocycles. The Hall–Kier alpha value is -3.64. The molecule has 2 rings (SSSR count). The van der Waals surface area contributed by atoms with E-state index in [1.54, 1.807) is 0 Å². The first kappa shape index (κ1) is 42.5. The van der Waals surface area contributed by atoms with Crippen molar-refractivity contribution >= 4 is 17.7 Å². The lowest BCUT2D eigenvalue weighted by Crippen LogP contribution is -2.74. The Morgan fingerprint density at radius 1 is 0.800 bits per heavy atom. The van der Waals surface area contributed by atoms with Gasteiger partial charge in [0.25, 0.3) is 0 Å². The van der Waals surface area contributed by atoms with E-state index >= 15 is 0 Å². The van der Waals surface area contributed by atoms with Gasteiger partial charge in [0.15, 0.2) is 0 Å². The third-order valence-corrected chi connectivity index (χ3v) is 7.72. The molecule has 0 radical (unpaired) electrons. The number of allylic oxidation sites excluding steroid dienone is 3. The third kappa shape index (κ3) is 7.81. The number of nitrogens with zero attached hydrogens (tertiary/aromatic N) is 3. The number of aliphatic carboxylic acids is 1. The van der Waals surface area contributed by atoms with Crippen molar-refractivity contribution in [3.05, 3.63) is 54.1 Å². The zero-order valence-electron chi connectivity index (χ0n) is 23.9. The van der Waals surface area contributed by atoms with Gasteiger partial charge in [-0.05, 0) is 16.8 Å². The van der Waals surface area contributed by atoms with E-state index in [4.69, 9.17) is 5.11 Å². The second-order valence-corrected chi connectivity index (χ2v) is 11.2. The summed E-state index contributed by atoms with van der Waals surface area (Å²) in [4.78, 5) is 10.9. The number of hydrogen-bond donors (Lipinski definition) is 3. The minimum Gasteiger partial charge on any atom is -0.481 e. The number of aliphatic hydroxyl groups excluding tert-OH is 1. The molecule has 0 aliphatic rings. The van der Waals surface area contributed by atoms with Gasteiger partial charge < -0.3 is 10.2 Å². The first-order valence-electron chi connectivity index (χ1n) is 12.9. The van der Waals surface area contributed by atoms with Crippen LogP contribution in [0.25, 0.3) is 11.4 Å². The summed E-state index contributed by atoms with van der Waals surface area (Å²) in [7, 11) is 0. The Balaban J connectivity index is 2.34. The number of thioether (sulfide) groups is 1. The van der Waals surface area contributed by atoms with Gasteiger partial charge in [-0.1, -0.05) is 42.5 Å². The molecule has 25 heteroatoms. The molecule has 1 heterocycles. The molecule has 0 unspecified atom stereocenters. The topological polar surface area (TPSA) is 112 Å². The van der Waals surface area contributed by atoms with Crippen molar-refractivity contribution < 1.29 is 89.6 Å². The molecular weight excluding hydrogens is 759 g/mol. The number of halogens is 17. The fourth-order valence-corrected chi connectivity index (χ4v) is 4.77. The summed E-state index contributed by atoms with van der Waals surface area (Å²) in [5.41, 5.74) is 0.410. The average molecular weight is 778 g/mol. The van der Waals surface area contributed by atoms with Gasteiger partial charge in [0.1, 0.15) is 0 Å². The molecule has 0 bridgehead atoms. The van der Waals surface area contributed by atoms with Gasteiger partial charge >= 0.3 is 53.6 Å². The molecule has 0 spiro atoms. The second-order valence-electron chi connectivity index (χ2n) is 9.95. The molecule has 3 N–H and O–H groups in total. The average Bonchev–Trinajstić information content (AvgIpc) is 3.54. The summed E-state index contributed by atoms with van der Waals surface area (Å²) in [6, 6.07) is 5.58. The summed E-state index contributed by atoms with van der Waals surface area (Å²) in [5.74, 6) is -58.4. The zero-order chi connectivity index (χ0) is 38.8. The Labute approximate surface area is 271 Å². The maximum absolute atomic E-state index is 14.2. The number of rotatable bonds is 17. The van der Waals surface area contributed by atoms with Crippen LogP contribution in [0, 0.1) is 0 Å². The largest absolute Gasteiger partial charge is 0.481 e. The van der Waals surface area contributed by atoms with Gasteiger partial charge in [-0.15, -0.1) is 10.2 Å². The van der Waals surface area contributed by atoms with Crippen LogP contribution in [0.5, 0.6) is 0 Å². The monoisotopic (exact) mass is 778 g/mol. The lowest BCUT2D eigenvalue weighted by Gasteiger charge is -2.42. The minimum atomic E-state index is -8.71. The number of aromatic amines is 1. The molecule has 1 aromatic carbocycles. The van der Waals surface area contributed by atoms with Crippen LogP contribution in [0.3, 0.4) is 0 Å². The normalized spacial score (nSPS) is 16.0. The van der Waals surface area contributed by atoms with Crippen molar-refractivity contribution in [3.63, 3.8) is 0 Å². The summed E-state index contributed by atoms with van der Waals surface area (Å²) in [5, 5.41) is 31.4. The van der Waals surface area contributed by atoms with E-state index in [9.17, 15) is 84.5 Å². The first-order chi connectivity index (χ1) is 22.5. The van der Waals surface area contributed by atoms with Gasteiger partial charge in [0.05, 0.1) is 17.8 Å². The number of carbonyl (C=O) groups is 1. The summed E-state index contributed by atoms with van der Waals surface area (Å²) in [6.45, 7) is 0. The highest BCUT2D eigenvalue weighted by Gasteiger charge is 2.95. The standard InChI is InChI=1S/C25H19F17N4O3S/c26-18(27,19(28,29)20(30,31)21(32,33)22(34,35)23(36,37)24(38,39)25(40,41)42)9-3-1-2-7-14(50-10-8-15(47)48)16(49)12-5-4-6-13(11-12)17-43-45-46-44-17/h1-7,11,14,16,49H,8-10H2,(H,47,48)(H,43,44,45,46)/b3-1-,7-2+/t14-,16+/m1/s1. The van der Waals surface area contributed by atoms with Crippen LogP contribution < -0.4 is 0 Å². The van der Waals surface area contributed by atoms with Crippen LogP contribution >= 0.6 is 11.8 Å². The highest BCUT2D eigenvalue weighted by Crippen LogP contribution is 2.64. The lowest BCUT2D eigenvalue weighted by molar-refractivity contribution is -0.461. The third-order valence-electron chi connectivity index (χ3n) is 6.48. The number of nitrogens with one attached hydrogen (secondary N) is 1. The highest BCUT2D eigenvalue weighted by molar-refractivity contribution is 8.00. The maximum Gasteiger partial charge on any atom is 0.460 e. The van der Waals surface area contributed by atoms with E-state index in [1.807, 2.05) is 0 Å². The van der Waals surface area contributed by atoms with E-state index < -0.39 is 77.8 Å². The van der Waals surface area contributed by atoms with E-state index in [1.165, 1.54) is 24.3 Å². The first-order valence-corrected chi connectivity index (χ1v) is 14.0. The molecule has 1 aromatic heterocycles. The number of carboxylic acid groups (broad SMARTS) is 1. The molecule has 0 saturated carbocycles. The van der Waals surface area contributed by atoms with Crippen LogP contribution in [0.1, 0.15) is 24.5 Å². The Bertz CT molecular complexity index is 1520. The van der Waals surface area contributed by atoms with Crippen molar-refractivity contribution in [1.82, 2.24) is 20.6 Å². The summed E-state index contributed by atoms with van der Waals surface area (Å²) >= 11 is 0.729. The van der Waals surface area contributed by atoms with Crippen molar-refractivity contribution in [2.45, 2.75) is 71.8 Å². The Morgan fingerprint density at radius 2 is 1.34 bits per heavy atom. The SMILES string of the molecule is O=C(O)CCS[C@H](/C=C/C=C\CC(F)(F)C(F)(F)C(F)(F)C(F)(F)C(F)(F)C(F)(F)C(F)(F)C(F)(F)F)[C@@H](O)c1cccc(-c2nn[nH]n2)c1. The Morgan fingerprint density at radius 3 is 1.84 bits per heavy atom. The number of aliphatic hydroxyl groups is 1. The zero-order valence-corrected chi connectivity index (χ0v) is 24.7. The van der Waals surface area contributed by atoms with Crippen LogP contribution in [0.2, 0.25) is 0 Å². The second kappa shape index (κ2) is 14.5. The summed E-state index contributed by atoms with van der Waals surface area (Å²) in [6.07, 6.45) is -10.9. The smallest absolute Gasteiger partial charge is 0.460 e. The number of tetrazole rings is 1. The molecule has 0 aliphatic carbocycles. The molecule has 2 atom stereocenters.